The van der Waals surface area contributed by atoms with E-state index in [4.69, 9.17) is 0 Å². The lowest BCUT2D eigenvalue weighted by Gasteiger charge is -2.22. The van der Waals surface area contributed by atoms with Gasteiger partial charge in [-0.05, 0) is 97.3 Å². The van der Waals surface area contributed by atoms with E-state index in [9.17, 15) is 19.6 Å². The van der Waals surface area contributed by atoms with E-state index in [1.54, 1.807) is 48.5 Å². The molecular weight excluding hydrogens is 729 g/mol. The Labute approximate surface area is 308 Å². The zero-order valence-corrected chi connectivity index (χ0v) is 30.3. The summed E-state index contributed by atoms with van der Waals surface area (Å²) in [6.45, 7) is 1.81. The number of thioether (sulfide) groups is 1. The van der Waals surface area contributed by atoms with Gasteiger partial charge in [-0.25, -0.2) is 0 Å². The SMILES string of the molecule is CC(Sc1cccc(NC(=O)/C(=C\c2cccc(Br)c2)NC(=O)c2ccccc2)c1)C(=O)Nc1sc2c(c1C#N)CCC(c1ccccc1)C2. The van der Waals surface area contributed by atoms with E-state index in [0.717, 1.165) is 44.6 Å². The van der Waals surface area contributed by atoms with Crippen LogP contribution in [0.3, 0.4) is 0 Å². The topological polar surface area (TPSA) is 111 Å². The van der Waals surface area contributed by atoms with Crippen LogP contribution in [0.1, 0.15) is 56.8 Å². The van der Waals surface area contributed by atoms with E-state index < -0.39 is 17.1 Å². The lowest BCUT2D eigenvalue weighted by molar-refractivity contribution is -0.115. The number of carbonyl (C=O) groups excluding carboxylic acids is 3. The Bertz CT molecular complexity index is 2110. The normalized spacial score (nSPS) is 14.5. The van der Waals surface area contributed by atoms with Crippen LogP contribution in [0.2, 0.25) is 0 Å². The Morgan fingerprint density at radius 1 is 0.940 bits per heavy atom. The minimum Gasteiger partial charge on any atom is -0.321 e. The second-order valence-corrected chi connectivity index (χ2v) is 15.3. The van der Waals surface area contributed by atoms with Gasteiger partial charge in [0.05, 0.1) is 10.8 Å². The van der Waals surface area contributed by atoms with Gasteiger partial charge in [-0.2, -0.15) is 5.26 Å². The highest BCUT2D eigenvalue weighted by Gasteiger charge is 2.28. The van der Waals surface area contributed by atoms with Crippen molar-refractivity contribution in [3.63, 3.8) is 0 Å². The Kier molecular flexibility index (Phi) is 11.3. The number of anilines is 2. The molecule has 1 heterocycles. The van der Waals surface area contributed by atoms with Crippen molar-refractivity contribution in [1.29, 1.82) is 5.26 Å². The number of thiophene rings is 1. The third-order valence-corrected chi connectivity index (χ3v) is 11.1. The molecule has 7 nitrogen and oxygen atoms in total. The molecule has 0 saturated carbocycles. The molecule has 1 aliphatic carbocycles. The average Bonchev–Trinajstić information content (AvgIpc) is 3.48. The van der Waals surface area contributed by atoms with Crippen LogP contribution in [0.5, 0.6) is 0 Å². The Morgan fingerprint density at radius 2 is 1.68 bits per heavy atom. The first kappa shape index (κ1) is 34.9. The second-order valence-electron chi connectivity index (χ2n) is 11.8. The summed E-state index contributed by atoms with van der Waals surface area (Å²) in [7, 11) is 0. The maximum Gasteiger partial charge on any atom is 0.272 e. The average molecular weight is 762 g/mol. The molecular formula is C40H33BrN4O3S2. The van der Waals surface area contributed by atoms with Crippen molar-refractivity contribution in [2.24, 2.45) is 0 Å². The number of benzene rings is 4. The van der Waals surface area contributed by atoms with E-state index in [1.807, 2.05) is 49.4 Å². The fourth-order valence-corrected chi connectivity index (χ4v) is 8.45. The van der Waals surface area contributed by atoms with Gasteiger partial charge in [0.15, 0.2) is 0 Å². The lowest BCUT2D eigenvalue weighted by Crippen LogP contribution is -2.30. The molecule has 0 radical (unpaired) electrons. The Morgan fingerprint density at radius 3 is 2.42 bits per heavy atom. The van der Waals surface area contributed by atoms with Gasteiger partial charge in [0, 0.05) is 25.5 Å². The molecule has 3 N–H and O–H groups in total. The maximum atomic E-state index is 13.6. The third-order valence-electron chi connectivity index (χ3n) is 8.35. The van der Waals surface area contributed by atoms with Crippen molar-refractivity contribution in [3.8, 4) is 6.07 Å². The van der Waals surface area contributed by atoms with Crippen LogP contribution in [0.25, 0.3) is 6.08 Å². The predicted molar refractivity (Wildman–Crippen MR) is 205 cm³/mol. The molecule has 1 aromatic heterocycles. The summed E-state index contributed by atoms with van der Waals surface area (Å²) < 4.78 is 0.836. The minimum absolute atomic E-state index is 0.0739. The molecule has 3 amide bonds. The van der Waals surface area contributed by atoms with Crippen LogP contribution >= 0.6 is 39.0 Å². The number of carbonyl (C=O) groups is 3. The molecule has 2 atom stereocenters. The molecule has 50 heavy (non-hydrogen) atoms. The van der Waals surface area contributed by atoms with Crippen LogP contribution in [-0.2, 0) is 22.4 Å². The number of nitrogens with zero attached hydrogens (tertiary/aromatic N) is 1. The number of halogens is 1. The quantitative estimate of drug-likeness (QED) is 0.0972. The highest BCUT2D eigenvalue weighted by molar-refractivity contribution is 9.10. The van der Waals surface area contributed by atoms with Crippen molar-refractivity contribution in [1.82, 2.24) is 5.32 Å². The van der Waals surface area contributed by atoms with Gasteiger partial charge in [0.25, 0.3) is 11.8 Å². The highest BCUT2D eigenvalue weighted by atomic mass is 79.9. The van der Waals surface area contributed by atoms with Gasteiger partial charge in [0.1, 0.15) is 16.8 Å². The van der Waals surface area contributed by atoms with Crippen molar-refractivity contribution >= 4 is 73.5 Å². The monoisotopic (exact) mass is 760 g/mol. The fourth-order valence-electron chi connectivity index (χ4n) is 5.82. The van der Waals surface area contributed by atoms with Gasteiger partial charge in [-0.15, -0.1) is 23.1 Å². The number of fused-ring (bicyclic) bond motifs is 1. The minimum atomic E-state index is -0.498. The van der Waals surface area contributed by atoms with Gasteiger partial charge >= 0.3 is 0 Å². The van der Waals surface area contributed by atoms with Crippen molar-refractivity contribution in [2.45, 2.75) is 42.2 Å². The largest absolute Gasteiger partial charge is 0.321 e. The van der Waals surface area contributed by atoms with Crippen LogP contribution in [-0.4, -0.2) is 23.0 Å². The summed E-state index contributed by atoms with van der Waals surface area (Å²) in [6.07, 6.45) is 4.25. The van der Waals surface area contributed by atoms with E-state index in [0.29, 0.717) is 27.7 Å². The van der Waals surface area contributed by atoms with E-state index in [1.165, 1.54) is 28.7 Å². The molecule has 5 aromatic rings. The molecule has 10 heteroatoms. The third kappa shape index (κ3) is 8.61. The summed E-state index contributed by atoms with van der Waals surface area (Å²) in [5.41, 5.74) is 4.65. The van der Waals surface area contributed by atoms with E-state index in [2.05, 4.69) is 62.2 Å². The summed E-state index contributed by atoms with van der Waals surface area (Å²) >= 11 is 6.31. The van der Waals surface area contributed by atoms with Crippen molar-refractivity contribution in [2.75, 3.05) is 10.6 Å². The van der Waals surface area contributed by atoms with Gasteiger partial charge in [-0.3, -0.25) is 14.4 Å². The molecule has 0 bridgehead atoms. The van der Waals surface area contributed by atoms with Gasteiger partial charge in [0.2, 0.25) is 5.91 Å². The van der Waals surface area contributed by atoms with E-state index >= 15 is 0 Å². The molecule has 0 fully saturated rings. The zero-order valence-electron chi connectivity index (χ0n) is 27.1. The van der Waals surface area contributed by atoms with Crippen molar-refractivity contribution in [3.05, 3.63) is 152 Å². The predicted octanol–water partition coefficient (Wildman–Crippen LogP) is 9.18. The Balaban J connectivity index is 1.13. The van der Waals surface area contributed by atoms with Gasteiger partial charge < -0.3 is 16.0 Å². The number of nitrogens with one attached hydrogen (secondary N) is 3. The molecule has 250 valence electrons. The van der Waals surface area contributed by atoms with Crippen LogP contribution < -0.4 is 16.0 Å². The van der Waals surface area contributed by atoms with Crippen LogP contribution in [0.4, 0.5) is 10.7 Å². The fraction of sp³-hybridized carbons (Fsp3) is 0.150. The smallest absolute Gasteiger partial charge is 0.272 e. The summed E-state index contributed by atoms with van der Waals surface area (Å²) in [5.74, 6) is -0.718. The van der Waals surface area contributed by atoms with Crippen LogP contribution in [0.15, 0.2) is 124 Å². The summed E-state index contributed by atoms with van der Waals surface area (Å²) in [6, 6.07) is 36.1. The number of hydrogen-bond donors (Lipinski definition) is 3. The molecule has 1 aliphatic rings. The number of amides is 3. The van der Waals surface area contributed by atoms with E-state index in [-0.39, 0.29) is 11.6 Å². The van der Waals surface area contributed by atoms with Crippen molar-refractivity contribution < 1.29 is 14.4 Å². The number of rotatable bonds is 10. The number of hydrogen-bond acceptors (Lipinski definition) is 6. The Hall–Kier alpha value is -4.95. The second kappa shape index (κ2) is 16.2. The molecule has 4 aromatic carbocycles. The molecule has 0 spiro atoms. The molecule has 2 unspecified atom stereocenters. The lowest BCUT2D eigenvalue weighted by atomic mass is 9.83. The molecule has 0 saturated heterocycles. The number of nitriles is 1. The summed E-state index contributed by atoms with van der Waals surface area (Å²) in [4.78, 5) is 41.9. The summed E-state index contributed by atoms with van der Waals surface area (Å²) in [5, 5.41) is 18.8. The standard InChI is InChI=1S/C40H33BrN4O3S2/c1-25(37(46)45-40-34(24-42)33-19-18-29(22-36(33)50-40)27-11-4-2-5-12-27)49-32-17-9-16-31(23-32)43-39(48)35(21-26-10-8-15-30(41)20-26)44-38(47)28-13-6-3-7-14-28/h2-17,20-21,23,25,29H,18-19,22H2,1H3,(H,43,48)(H,44,47)(H,45,46)/b35-21+. The first-order valence-electron chi connectivity index (χ1n) is 16.1. The first-order chi connectivity index (χ1) is 24.3. The maximum absolute atomic E-state index is 13.6. The van der Waals surface area contributed by atoms with Gasteiger partial charge in [-0.1, -0.05) is 82.7 Å². The molecule has 6 rings (SSSR count). The highest BCUT2D eigenvalue weighted by Crippen LogP contribution is 2.42. The zero-order chi connectivity index (χ0) is 35.0. The molecule has 0 aliphatic heterocycles. The van der Waals surface area contributed by atoms with Crippen LogP contribution in [0, 0.1) is 11.3 Å². The first-order valence-corrected chi connectivity index (χ1v) is 18.6.